The normalized spacial score (nSPS) is 18.0. The van der Waals surface area contributed by atoms with Gasteiger partial charge in [-0.25, -0.2) is 4.39 Å². The van der Waals surface area contributed by atoms with Crippen LogP contribution in [0.3, 0.4) is 0 Å². The largest absolute Gasteiger partial charge is 0.507 e. The first-order chi connectivity index (χ1) is 14.4. The number of carbonyl (C=O) groups is 3. The van der Waals surface area contributed by atoms with Gasteiger partial charge in [0.05, 0.1) is 11.6 Å². The highest BCUT2D eigenvalue weighted by Gasteiger charge is 2.45. The molecular weight excluding hydrogens is 389 g/mol. The Bertz CT molecular complexity index is 969. The van der Waals surface area contributed by atoms with E-state index < -0.39 is 29.5 Å². The van der Waals surface area contributed by atoms with Gasteiger partial charge in [0.25, 0.3) is 11.7 Å². The third-order valence-corrected chi connectivity index (χ3v) is 5.06. The van der Waals surface area contributed by atoms with Crippen LogP contribution in [0.1, 0.15) is 42.9 Å². The molecule has 156 valence electrons. The van der Waals surface area contributed by atoms with Crippen LogP contribution in [0, 0.1) is 5.82 Å². The van der Waals surface area contributed by atoms with E-state index in [-0.39, 0.29) is 24.3 Å². The summed E-state index contributed by atoms with van der Waals surface area (Å²) in [4.78, 5) is 37.6. The zero-order valence-corrected chi connectivity index (χ0v) is 16.3. The number of carbonyl (C=O) groups excluding carboxylic acids is 2. The van der Waals surface area contributed by atoms with Crippen LogP contribution in [0.25, 0.3) is 5.76 Å². The quantitative estimate of drug-likeness (QED) is 0.297. The number of halogens is 1. The fourth-order valence-electron chi connectivity index (χ4n) is 3.59. The molecule has 0 aromatic heterocycles. The van der Waals surface area contributed by atoms with Crippen molar-refractivity contribution in [2.45, 2.75) is 31.7 Å². The molecule has 1 aliphatic heterocycles. The summed E-state index contributed by atoms with van der Waals surface area (Å²) < 4.78 is 13.4. The summed E-state index contributed by atoms with van der Waals surface area (Å²) in [7, 11) is 0. The molecule has 0 aliphatic carbocycles. The summed E-state index contributed by atoms with van der Waals surface area (Å²) in [6.45, 7) is 0.220. The van der Waals surface area contributed by atoms with Crippen LogP contribution >= 0.6 is 0 Å². The summed E-state index contributed by atoms with van der Waals surface area (Å²) in [5, 5.41) is 19.6. The molecule has 0 saturated carbocycles. The first kappa shape index (κ1) is 21.2. The fraction of sp³-hybridized carbons (Fsp3) is 0.261. The van der Waals surface area contributed by atoms with Crippen molar-refractivity contribution in [2.75, 3.05) is 6.54 Å². The second-order valence-electron chi connectivity index (χ2n) is 7.11. The molecule has 6 nitrogen and oxygen atoms in total. The predicted molar refractivity (Wildman–Crippen MR) is 108 cm³/mol. The van der Waals surface area contributed by atoms with Crippen molar-refractivity contribution in [2.24, 2.45) is 0 Å². The maximum Gasteiger partial charge on any atom is 0.303 e. The predicted octanol–water partition coefficient (Wildman–Crippen LogP) is 3.89. The second kappa shape index (κ2) is 9.35. The Kier molecular flexibility index (Phi) is 6.61. The lowest BCUT2D eigenvalue weighted by Gasteiger charge is -2.25. The van der Waals surface area contributed by atoms with Crippen LogP contribution in [0.4, 0.5) is 4.39 Å². The van der Waals surface area contributed by atoms with Gasteiger partial charge >= 0.3 is 5.97 Å². The molecule has 2 N–H and O–H groups in total. The van der Waals surface area contributed by atoms with Crippen molar-refractivity contribution in [1.29, 1.82) is 0 Å². The smallest absolute Gasteiger partial charge is 0.303 e. The number of hydrogen-bond donors (Lipinski definition) is 2. The molecule has 3 rings (SSSR count). The molecular formula is C23H22FNO5. The van der Waals surface area contributed by atoms with Crippen molar-refractivity contribution < 1.29 is 29.0 Å². The number of carboxylic acid groups (broad SMARTS) is 1. The Labute approximate surface area is 173 Å². The minimum absolute atomic E-state index is 0.0359. The summed E-state index contributed by atoms with van der Waals surface area (Å²) in [6.07, 6.45) is 1.58. The zero-order chi connectivity index (χ0) is 21.7. The highest BCUT2D eigenvalue weighted by atomic mass is 19.1. The van der Waals surface area contributed by atoms with Gasteiger partial charge in [-0.2, -0.15) is 0 Å². The average Bonchev–Trinajstić information content (AvgIpc) is 2.99. The lowest BCUT2D eigenvalue weighted by Crippen LogP contribution is -2.30. The molecule has 2 aromatic carbocycles. The summed E-state index contributed by atoms with van der Waals surface area (Å²) in [5.41, 5.74) is 0.881. The number of carboxylic acids is 1. The monoisotopic (exact) mass is 411 g/mol. The summed E-state index contributed by atoms with van der Waals surface area (Å²) >= 11 is 0. The Morgan fingerprint density at radius 1 is 0.933 bits per heavy atom. The summed E-state index contributed by atoms with van der Waals surface area (Å²) in [5.74, 6) is -3.15. The number of rotatable bonds is 8. The van der Waals surface area contributed by atoms with Gasteiger partial charge in [0.1, 0.15) is 11.6 Å². The van der Waals surface area contributed by atoms with Crippen molar-refractivity contribution in [3.8, 4) is 0 Å². The number of nitrogens with zero attached hydrogens (tertiary/aromatic N) is 1. The van der Waals surface area contributed by atoms with E-state index in [0.29, 0.717) is 30.4 Å². The van der Waals surface area contributed by atoms with Gasteiger partial charge < -0.3 is 15.1 Å². The highest BCUT2D eigenvalue weighted by molar-refractivity contribution is 6.46. The molecule has 2 aromatic rings. The van der Waals surface area contributed by atoms with Crippen LogP contribution in [0.5, 0.6) is 0 Å². The van der Waals surface area contributed by atoms with E-state index in [1.807, 2.05) is 0 Å². The molecule has 0 spiro atoms. The second-order valence-corrected chi connectivity index (χ2v) is 7.11. The van der Waals surface area contributed by atoms with E-state index in [2.05, 4.69) is 0 Å². The Hall–Kier alpha value is -3.48. The topological polar surface area (TPSA) is 94.9 Å². The maximum atomic E-state index is 13.4. The standard InChI is InChI=1S/C23H22FNO5/c24-17-12-10-15(11-13-17)20-19(21(28)16-7-3-1-4-8-16)22(29)23(30)25(20)14-6-2-5-9-18(26)27/h1,3-4,7-8,10-13,20,28H,2,5-6,9,14H2,(H,26,27)/b21-19+. The molecule has 1 fully saturated rings. The van der Waals surface area contributed by atoms with E-state index >= 15 is 0 Å². The van der Waals surface area contributed by atoms with Crippen molar-refractivity contribution >= 4 is 23.4 Å². The number of unbranched alkanes of at least 4 members (excludes halogenated alkanes) is 2. The van der Waals surface area contributed by atoms with Gasteiger partial charge in [-0.05, 0) is 30.5 Å². The van der Waals surface area contributed by atoms with Crippen LogP contribution in [-0.2, 0) is 14.4 Å². The van der Waals surface area contributed by atoms with E-state index in [0.717, 1.165) is 0 Å². The molecule has 1 heterocycles. The Morgan fingerprint density at radius 2 is 1.60 bits per heavy atom. The van der Waals surface area contributed by atoms with Gasteiger partial charge in [-0.3, -0.25) is 14.4 Å². The molecule has 0 bridgehead atoms. The number of likely N-dealkylation sites (tertiary alicyclic amines) is 1. The lowest BCUT2D eigenvalue weighted by molar-refractivity contribution is -0.140. The molecule has 0 radical (unpaired) electrons. The van der Waals surface area contributed by atoms with Crippen molar-refractivity contribution in [3.63, 3.8) is 0 Å². The number of aliphatic hydroxyl groups is 1. The summed E-state index contributed by atoms with van der Waals surface area (Å²) in [6, 6.07) is 13.1. The van der Waals surface area contributed by atoms with Gasteiger partial charge in [0, 0.05) is 18.5 Å². The number of amides is 1. The minimum Gasteiger partial charge on any atom is -0.507 e. The molecule has 1 amide bonds. The number of aliphatic hydroxyl groups excluding tert-OH is 1. The number of ketones is 1. The molecule has 1 atom stereocenters. The fourth-order valence-corrected chi connectivity index (χ4v) is 3.59. The molecule has 1 saturated heterocycles. The van der Waals surface area contributed by atoms with Crippen molar-refractivity contribution in [1.82, 2.24) is 4.90 Å². The van der Waals surface area contributed by atoms with E-state index in [1.54, 1.807) is 30.3 Å². The van der Waals surface area contributed by atoms with Gasteiger partial charge in [-0.15, -0.1) is 0 Å². The average molecular weight is 411 g/mol. The number of benzene rings is 2. The molecule has 1 unspecified atom stereocenters. The van der Waals surface area contributed by atoms with Crippen LogP contribution in [0.2, 0.25) is 0 Å². The minimum atomic E-state index is -0.885. The number of aliphatic carboxylic acids is 1. The zero-order valence-electron chi connectivity index (χ0n) is 16.3. The SMILES string of the molecule is O=C(O)CCCCCN1C(=O)C(=O)/C(=C(/O)c2ccccc2)C1c1ccc(F)cc1. The highest BCUT2D eigenvalue weighted by Crippen LogP contribution is 2.39. The third kappa shape index (κ3) is 4.56. The first-order valence-corrected chi connectivity index (χ1v) is 9.71. The molecule has 1 aliphatic rings. The lowest BCUT2D eigenvalue weighted by atomic mass is 9.95. The molecule has 7 heteroatoms. The maximum absolute atomic E-state index is 13.4. The van der Waals surface area contributed by atoms with Gasteiger partial charge in [-0.1, -0.05) is 48.9 Å². The Balaban J connectivity index is 1.95. The molecule has 30 heavy (non-hydrogen) atoms. The van der Waals surface area contributed by atoms with Gasteiger partial charge in [0.2, 0.25) is 0 Å². The van der Waals surface area contributed by atoms with Gasteiger partial charge in [0.15, 0.2) is 0 Å². The van der Waals surface area contributed by atoms with Crippen LogP contribution in [-0.4, -0.2) is 39.3 Å². The number of Topliss-reactive ketones (excluding diaryl/α,β-unsaturated/α-hetero) is 1. The van der Waals surface area contributed by atoms with E-state index in [1.165, 1.54) is 29.2 Å². The number of hydrogen-bond acceptors (Lipinski definition) is 4. The van der Waals surface area contributed by atoms with E-state index in [9.17, 15) is 23.9 Å². The third-order valence-electron chi connectivity index (χ3n) is 5.06. The van der Waals surface area contributed by atoms with E-state index in [4.69, 9.17) is 5.11 Å². The Morgan fingerprint density at radius 3 is 2.23 bits per heavy atom. The van der Waals surface area contributed by atoms with Crippen LogP contribution in [0.15, 0.2) is 60.2 Å². The van der Waals surface area contributed by atoms with Crippen LogP contribution < -0.4 is 0 Å². The first-order valence-electron chi connectivity index (χ1n) is 9.71. The van der Waals surface area contributed by atoms with Crippen molar-refractivity contribution in [3.05, 3.63) is 77.1 Å².